The van der Waals surface area contributed by atoms with Crippen molar-refractivity contribution in [2.75, 3.05) is 17.3 Å². The summed E-state index contributed by atoms with van der Waals surface area (Å²) >= 11 is -16.3. The molecule has 180 valence electrons. The van der Waals surface area contributed by atoms with Gasteiger partial charge in [-0.2, -0.15) is 0 Å². The van der Waals surface area contributed by atoms with Crippen LogP contribution < -0.4 is 17.1 Å². The van der Waals surface area contributed by atoms with Crippen LogP contribution in [0, 0.1) is 0 Å². The number of halogens is 9. The second-order valence-corrected chi connectivity index (χ2v) is 10.2. The molecular formula is C12H18F9N3O3S3. The van der Waals surface area contributed by atoms with Gasteiger partial charge in [0.05, 0.1) is 17.3 Å². The van der Waals surface area contributed by atoms with E-state index in [0.717, 1.165) is 0 Å². The molecule has 18 heteroatoms. The molecule has 0 saturated heterocycles. The summed E-state index contributed by atoms with van der Waals surface area (Å²) < 4.78 is 112. The van der Waals surface area contributed by atoms with Crippen LogP contribution in [-0.2, 0) is 19.6 Å². The van der Waals surface area contributed by atoms with Gasteiger partial charge in [-0.3, -0.25) is 0 Å². The smallest absolute Gasteiger partial charge is 0.247 e. The van der Waals surface area contributed by atoms with Gasteiger partial charge in [0.2, 0.25) is 33.6 Å². The minimum Gasteiger partial charge on any atom is -0.247 e. The van der Waals surface area contributed by atoms with Crippen molar-refractivity contribution in [1.82, 2.24) is 13.7 Å². The van der Waals surface area contributed by atoms with Crippen LogP contribution in [0.3, 0.4) is 0 Å². The van der Waals surface area contributed by atoms with Crippen molar-refractivity contribution in [3.63, 3.8) is 0 Å². The summed E-state index contributed by atoms with van der Waals surface area (Å²) in [5.74, 6) is -3.90. The monoisotopic (exact) mass is 519 g/mol. The van der Waals surface area contributed by atoms with E-state index in [-0.39, 0.29) is 13.7 Å². The SMILES string of the molecule is O=c1n(CCCS(F)(F)F)c(=O)n(CCCS(F)(F)F)c(=O)n1CCCS(F)(F)F. The van der Waals surface area contributed by atoms with Crippen LogP contribution in [-0.4, -0.2) is 31.0 Å². The number of rotatable bonds is 12. The molecule has 6 nitrogen and oxygen atoms in total. The molecule has 0 atom stereocenters. The van der Waals surface area contributed by atoms with E-state index >= 15 is 0 Å². The Morgan fingerprint density at radius 3 is 0.833 bits per heavy atom. The lowest BCUT2D eigenvalue weighted by Gasteiger charge is -2.16. The Bertz CT molecular complexity index is 742. The molecule has 1 aromatic heterocycles. The number of nitrogens with zero attached hydrogens (tertiary/aromatic N) is 3. The molecule has 0 fully saturated rings. The minimum atomic E-state index is -5.45. The molecular weight excluding hydrogens is 501 g/mol. The number of aromatic nitrogens is 3. The molecule has 1 rings (SSSR count). The molecule has 1 heterocycles. The third kappa shape index (κ3) is 9.32. The van der Waals surface area contributed by atoms with Gasteiger partial charge in [0.1, 0.15) is 0 Å². The van der Waals surface area contributed by atoms with Crippen molar-refractivity contribution in [2.45, 2.75) is 38.9 Å². The molecule has 0 radical (unpaired) electrons. The normalized spacial score (nSPS) is 14.7. The molecule has 0 aliphatic heterocycles. The van der Waals surface area contributed by atoms with Gasteiger partial charge in [-0.25, -0.2) is 28.1 Å². The zero-order valence-corrected chi connectivity index (χ0v) is 17.5. The Kier molecular flexibility index (Phi) is 9.34. The molecule has 1 aromatic rings. The largest absolute Gasteiger partial charge is 0.336 e. The summed E-state index contributed by atoms with van der Waals surface area (Å²) in [6.07, 6.45) is -2.11. The van der Waals surface area contributed by atoms with E-state index in [1.165, 1.54) is 0 Å². The number of hydrogen-bond acceptors (Lipinski definition) is 3. The fraction of sp³-hybridized carbons (Fsp3) is 0.750. The first kappa shape index (κ1) is 26.9. The van der Waals surface area contributed by atoms with Gasteiger partial charge >= 0.3 is 17.1 Å². The second kappa shape index (κ2) is 10.4. The van der Waals surface area contributed by atoms with Crippen molar-refractivity contribution in [3.05, 3.63) is 31.5 Å². The maximum absolute atomic E-state index is 12.4. The van der Waals surface area contributed by atoms with E-state index in [2.05, 4.69) is 0 Å². The van der Waals surface area contributed by atoms with Crippen LogP contribution in [0.1, 0.15) is 19.3 Å². The first-order chi connectivity index (χ1) is 13.5. The van der Waals surface area contributed by atoms with Gasteiger partial charge in [-0.05, 0) is 19.3 Å². The molecule has 0 saturated carbocycles. The summed E-state index contributed by atoms with van der Waals surface area (Å²) in [6, 6.07) is 0. The first-order valence-electron chi connectivity index (χ1n) is 8.16. The topological polar surface area (TPSA) is 66.0 Å². The molecule has 0 unspecified atom stereocenters. The van der Waals surface area contributed by atoms with Crippen molar-refractivity contribution in [1.29, 1.82) is 0 Å². The van der Waals surface area contributed by atoms with Crippen LogP contribution in [0.4, 0.5) is 35.0 Å². The molecule has 0 bridgehead atoms. The molecule has 0 aliphatic rings. The summed E-state index contributed by atoms with van der Waals surface area (Å²) in [7, 11) is 0. The molecule has 0 amide bonds. The van der Waals surface area contributed by atoms with Gasteiger partial charge in [-0.1, -0.05) is 0 Å². The van der Waals surface area contributed by atoms with Crippen LogP contribution in [0.15, 0.2) is 14.4 Å². The fourth-order valence-corrected chi connectivity index (χ4v) is 3.78. The highest BCUT2D eigenvalue weighted by atomic mass is 32.3. The van der Waals surface area contributed by atoms with E-state index in [4.69, 9.17) is 0 Å². The number of hydrogen-bond donors (Lipinski definition) is 0. The van der Waals surface area contributed by atoms with E-state index in [1.54, 1.807) is 0 Å². The van der Waals surface area contributed by atoms with Gasteiger partial charge in [0, 0.05) is 19.6 Å². The molecule has 30 heavy (non-hydrogen) atoms. The maximum atomic E-state index is 12.4. The van der Waals surface area contributed by atoms with E-state index in [0.29, 0.717) is 0 Å². The predicted molar refractivity (Wildman–Crippen MR) is 100 cm³/mol. The highest BCUT2D eigenvalue weighted by molar-refractivity contribution is 8.21. The Morgan fingerprint density at radius 2 is 0.667 bits per heavy atom. The van der Waals surface area contributed by atoms with Crippen molar-refractivity contribution >= 4 is 33.6 Å². The Labute approximate surface area is 170 Å². The zero-order valence-electron chi connectivity index (χ0n) is 15.1. The average molecular weight is 519 g/mol. The highest BCUT2D eigenvalue weighted by Gasteiger charge is 2.24. The van der Waals surface area contributed by atoms with Gasteiger partial charge in [0.25, 0.3) is 0 Å². The summed E-state index contributed by atoms with van der Waals surface area (Å²) in [6.45, 7) is -2.33. The zero-order chi connectivity index (χ0) is 23.3. The lowest BCUT2D eigenvalue weighted by molar-refractivity contribution is 0.435. The highest BCUT2D eigenvalue weighted by Crippen LogP contribution is 2.54. The Hall–Kier alpha value is -1.17. The second-order valence-electron chi connectivity index (χ2n) is 5.98. The molecule has 0 spiro atoms. The maximum Gasteiger partial charge on any atom is 0.336 e. The van der Waals surface area contributed by atoms with E-state index in [9.17, 15) is 49.4 Å². The summed E-state index contributed by atoms with van der Waals surface area (Å²) in [5.41, 5.74) is -4.17. The third-order valence-electron chi connectivity index (χ3n) is 3.66. The lowest BCUT2D eigenvalue weighted by Crippen LogP contribution is -2.54. The predicted octanol–water partition coefficient (Wildman–Crippen LogP) is 4.72. The Balaban J connectivity index is 3.25. The van der Waals surface area contributed by atoms with Crippen molar-refractivity contribution in [3.8, 4) is 0 Å². The van der Waals surface area contributed by atoms with Gasteiger partial charge in [0.15, 0.2) is 0 Å². The average Bonchev–Trinajstić information content (AvgIpc) is 2.54. The van der Waals surface area contributed by atoms with Crippen LogP contribution in [0.5, 0.6) is 0 Å². The molecule has 0 N–H and O–H groups in total. The molecule has 0 aliphatic carbocycles. The third-order valence-corrected chi connectivity index (χ3v) is 5.91. The summed E-state index contributed by atoms with van der Waals surface area (Å²) in [5, 5.41) is 0. The summed E-state index contributed by atoms with van der Waals surface area (Å²) in [4.78, 5) is 36.9. The lowest BCUT2D eigenvalue weighted by atomic mass is 10.4. The van der Waals surface area contributed by atoms with Crippen LogP contribution in [0.25, 0.3) is 0 Å². The fourth-order valence-electron chi connectivity index (χ4n) is 2.42. The van der Waals surface area contributed by atoms with E-state index in [1.807, 2.05) is 0 Å². The van der Waals surface area contributed by atoms with E-state index < -0.39 is 107 Å². The standard InChI is InChI=1S/C12H18F9N3O3S3/c13-28(14,15)7-1-4-22-10(25)23(5-2-8-29(16,17)18)12(27)24(11(22)26)6-3-9-30(19,20)21/h1-9H2. The van der Waals surface area contributed by atoms with Crippen molar-refractivity contribution < 1.29 is 35.0 Å². The molecule has 0 aromatic carbocycles. The first-order valence-corrected chi connectivity index (χ1v) is 12.7. The van der Waals surface area contributed by atoms with Gasteiger partial charge < -0.3 is 0 Å². The quantitative estimate of drug-likeness (QED) is 0.376. The Morgan fingerprint density at radius 1 is 0.467 bits per heavy atom. The van der Waals surface area contributed by atoms with Crippen LogP contribution >= 0.6 is 33.6 Å². The van der Waals surface area contributed by atoms with Crippen LogP contribution in [0.2, 0.25) is 0 Å². The minimum absolute atomic E-state index is 0.244. The van der Waals surface area contributed by atoms with Gasteiger partial charge in [-0.15, -0.1) is 35.0 Å². The van der Waals surface area contributed by atoms with Crippen molar-refractivity contribution in [2.24, 2.45) is 0 Å².